The van der Waals surface area contributed by atoms with Gasteiger partial charge in [-0.15, -0.1) is 10.2 Å². The third kappa shape index (κ3) is 3.77. The van der Waals surface area contributed by atoms with Gasteiger partial charge in [-0.25, -0.2) is 0 Å². The molecule has 0 aliphatic carbocycles. The molecule has 10 heteroatoms. The topological polar surface area (TPSA) is 93.0 Å². The van der Waals surface area contributed by atoms with Crippen molar-refractivity contribution >= 4 is 46.5 Å². The van der Waals surface area contributed by atoms with Gasteiger partial charge in [0.25, 0.3) is 11.3 Å². The van der Waals surface area contributed by atoms with Gasteiger partial charge < -0.3 is 0 Å². The minimum Gasteiger partial charge on any atom is -0.293 e. The zero-order valence-electron chi connectivity index (χ0n) is 14.2. The van der Waals surface area contributed by atoms with Crippen molar-refractivity contribution in [3.63, 3.8) is 0 Å². The van der Waals surface area contributed by atoms with Crippen LogP contribution in [-0.2, 0) is 5.41 Å². The molecule has 0 unspecified atom stereocenters. The molecule has 0 radical (unpaired) electrons. The molecule has 26 heavy (non-hydrogen) atoms. The highest BCUT2D eigenvalue weighted by Crippen LogP contribution is 2.24. The van der Waals surface area contributed by atoms with Crippen LogP contribution in [0.5, 0.6) is 0 Å². The number of hydrogen-bond acceptors (Lipinski definition) is 6. The summed E-state index contributed by atoms with van der Waals surface area (Å²) in [6, 6.07) is 4.72. The number of halogens is 2. The van der Waals surface area contributed by atoms with Gasteiger partial charge in [-0.2, -0.15) is 9.61 Å². The number of thioether (sulfide) groups is 1. The largest absolute Gasteiger partial charge is 0.293 e. The molecule has 0 aliphatic heterocycles. The monoisotopic (exact) mass is 411 g/mol. The Kier molecular flexibility index (Phi) is 5.09. The highest BCUT2D eigenvalue weighted by molar-refractivity contribution is 7.99. The van der Waals surface area contributed by atoms with Crippen LogP contribution in [0.3, 0.4) is 0 Å². The molecule has 3 rings (SSSR count). The van der Waals surface area contributed by atoms with Gasteiger partial charge in [-0.1, -0.05) is 55.7 Å². The first kappa shape index (κ1) is 18.9. The van der Waals surface area contributed by atoms with Crippen molar-refractivity contribution in [2.45, 2.75) is 31.3 Å². The second kappa shape index (κ2) is 7.02. The van der Waals surface area contributed by atoms with Crippen molar-refractivity contribution in [3.05, 3.63) is 49.9 Å². The van der Waals surface area contributed by atoms with Crippen LogP contribution in [0.25, 0.3) is 5.78 Å². The zero-order chi connectivity index (χ0) is 19.1. The molecule has 2 aromatic heterocycles. The summed E-state index contributed by atoms with van der Waals surface area (Å²) in [5.74, 6) is 0.143. The first-order valence-electron chi connectivity index (χ1n) is 7.64. The molecule has 136 valence electrons. The van der Waals surface area contributed by atoms with Gasteiger partial charge >= 0.3 is 0 Å². The standard InChI is InChI=1S/C16H15Cl2N5O2S/c1-16(2,3)12-13(25)19-14-20-21-15(23(14)22-12)26-7-11(24)9-5-4-8(17)6-10(9)18/h4-6H,7H2,1-3H3,(H,19,20,25). The summed E-state index contributed by atoms with van der Waals surface area (Å²) in [5.41, 5.74) is -0.00787. The summed E-state index contributed by atoms with van der Waals surface area (Å²) in [5, 5.41) is 13.4. The van der Waals surface area contributed by atoms with Gasteiger partial charge in [0.2, 0.25) is 5.16 Å². The number of hydrogen-bond donors (Lipinski definition) is 1. The number of benzene rings is 1. The average molecular weight is 412 g/mol. The van der Waals surface area contributed by atoms with E-state index >= 15 is 0 Å². The van der Waals surface area contributed by atoms with Crippen LogP contribution in [-0.4, -0.2) is 36.3 Å². The van der Waals surface area contributed by atoms with E-state index < -0.39 is 5.41 Å². The summed E-state index contributed by atoms with van der Waals surface area (Å²) in [6.07, 6.45) is 0. The molecular weight excluding hydrogens is 397 g/mol. The molecule has 7 nitrogen and oxygen atoms in total. The van der Waals surface area contributed by atoms with E-state index in [9.17, 15) is 9.59 Å². The van der Waals surface area contributed by atoms with Crippen molar-refractivity contribution < 1.29 is 4.79 Å². The van der Waals surface area contributed by atoms with Gasteiger partial charge in [-0.3, -0.25) is 14.6 Å². The van der Waals surface area contributed by atoms with E-state index in [2.05, 4.69) is 20.3 Å². The normalized spacial score (nSPS) is 11.9. The number of carbonyl (C=O) groups excluding carboxylic acids is 1. The quantitative estimate of drug-likeness (QED) is 0.522. The molecule has 2 heterocycles. The second-order valence-corrected chi connectivity index (χ2v) is 8.39. The predicted molar refractivity (Wildman–Crippen MR) is 102 cm³/mol. The van der Waals surface area contributed by atoms with E-state index in [0.717, 1.165) is 11.8 Å². The van der Waals surface area contributed by atoms with Gasteiger partial charge in [0.05, 0.1) is 10.8 Å². The first-order valence-corrected chi connectivity index (χ1v) is 9.38. The van der Waals surface area contributed by atoms with Crippen LogP contribution in [0, 0.1) is 0 Å². The van der Waals surface area contributed by atoms with Gasteiger partial charge in [0.15, 0.2) is 5.78 Å². The van der Waals surface area contributed by atoms with Crippen molar-refractivity contribution in [2.24, 2.45) is 0 Å². The van der Waals surface area contributed by atoms with Crippen molar-refractivity contribution in [1.82, 2.24) is 24.8 Å². The molecule has 0 spiro atoms. The van der Waals surface area contributed by atoms with Crippen molar-refractivity contribution in [2.75, 3.05) is 5.75 Å². The number of aromatic nitrogens is 5. The van der Waals surface area contributed by atoms with Crippen LogP contribution in [0.15, 0.2) is 28.2 Å². The van der Waals surface area contributed by atoms with Crippen molar-refractivity contribution in [1.29, 1.82) is 0 Å². The average Bonchev–Trinajstić information content (AvgIpc) is 2.92. The fourth-order valence-corrected chi connectivity index (χ4v) is 3.52. The van der Waals surface area contributed by atoms with E-state index in [1.807, 2.05) is 20.8 Å². The molecule has 0 saturated heterocycles. The Bertz CT molecular complexity index is 1050. The number of fused-ring (bicyclic) bond motifs is 1. The lowest BCUT2D eigenvalue weighted by Crippen LogP contribution is -2.28. The fourth-order valence-electron chi connectivity index (χ4n) is 2.24. The van der Waals surface area contributed by atoms with Crippen LogP contribution >= 0.6 is 35.0 Å². The number of nitrogens with one attached hydrogen (secondary N) is 1. The Morgan fingerprint density at radius 2 is 2.00 bits per heavy atom. The number of Topliss-reactive ketones (excluding diaryl/α,β-unsaturated/α-hetero) is 1. The minimum atomic E-state index is -0.444. The molecule has 1 aromatic carbocycles. The third-order valence-corrected chi connectivity index (χ3v) is 4.99. The first-order chi connectivity index (χ1) is 12.2. The molecule has 0 fully saturated rings. The van der Waals surface area contributed by atoms with E-state index in [0.29, 0.717) is 26.5 Å². The molecular formula is C16H15Cl2N5O2S. The highest BCUT2D eigenvalue weighted by Gasteiger charge is 2.22. The lowest BCUT2D eigenvalue weighted by atomic mass is 9.93. The van der Waals surface area contributed by atoms with Gasteiger partial charge in [-0.05, 0) is 18.2 Å². The molecule has 0 saturated carbocycles. The Labute approximate surface area is 163 Å². The molecule has 0 bridgehead atoms. The third-order valence-electron chi connectivity index (χ3n) is 3.53. The minimum absolute atomic E-state index is 0.0911. The van der Waals surface area contributed by atoms with E-state index in [-0.39, 0.29) is 22.9 Å². The summed E-state index contributed by atoms with van der Waals surface area (Å²) in [7, 11) is 0. The lowest BCUT2D eigenvalue weighted by Gasteiger charge is -2.15. The summed E-state index contributed by atoms with van der Waals surface area (Å²) >= 11 is 13.1. The number of rotatable bonds is 4. The molecule has 0 atom stereocenters. The van der Waals surface area contributed by atoms with Crippen LogP contribution in [0.4, 0.5) is 0 Å². The summed E-state index contributed by atoms with van der Waals surface area (Å²) in [6.45, 7) is 5.67. The predicted octanol–water partition coefficient (Wildman–Crippen LogP) is 3.39. The number of nitrogens with zero attached hydrogens (tertiary/aromatic N) is 4. The van der Waals surface area contributed by atoms with Gasteiger partial charge in [0, 0.05) is 16.0 Å². The number of aromatic amines is 1. The Hall–Kier alpha value is -1.90. The lowest BCUT2D eigenvalue weighted by molar-refractivity contribution is 0.102. The number of H-pyrrole nitrogens is 1. The maximum atomic E-state index is 12.4. The zero-order valence-corrected chi connectivity index (χ0v) is 16.5. The van der Waals surface area contributed by atoms with Crippen LogP contribution in [0.1, 0.15) is 36.8 Å². The Balaban J connectivity index is 1.87. The Morgan fingerprint density at radius 1 is 1.27 bits per heavy atom. The Morgan fingerprint density at radius 3 is 2.65 bits per heavy atom. The smallest absolute Gasteiger partial charge is 0.274 e. The fraction of sp³-hybridized carbons (Fsp3) is 0.312. The number of ketones is 1. The summed E-state index contributed by atoms with van der Waals surface area (Å²) < 4.78 is 1.43. The molecule has 1 N–H and O–H groups in total. The molecule has 0 amide bonds. The van der Waals surface area contributed by atoms with Crippen molar-refractivity contribution in [3.8, 4) is 0 Å². The van der Waals surface area contributed by atoms with E-state index in [1.54, 1.807) is 12.1 Å². The maximum absolute atomic E-state index is 12.4. The van der Waals surface area contributed by atoms with Gasteiger partial charge in [0.1, 0.15) is 5.69 Å². The highest BCUT2D eigenvalue weighted by atomic mass is 35.5. The molecule has 0 aliphatic rings. The molecule has 3 aromatic rings. The van der Waals surface area contributed by atoms with Crippen LogP contribution in [0.2, 0.25) is 10.0 Å². The van der Waals surface area contributed by atoms with Crippen LogP contribution < -0.4 is 5.56 Å². The summed E-state index contributed by atoms with van der Waals surface area (Å²) in [4.78, 5) is 27.2. The second-order valence-electron chi connectivity index (χ2n) is 6.61. The van der Waals surface area contributed by atoms with E-state index in [4.69, 9.17) is 23.2 Å². The number of carbonyl (C=O) groups is 1. The SMILES string of the molecule is CC(C)(C)c1nn2c(SCC(=O)c3ccc(Cl)cc3Cl)nnc2[nH]c1=O. The maximum Gasteiger partial charge on any atom is 0.274 e. The van der Waals surface area contributed by atoms with E-state index in [1.165, 1.54) is 10.6 Å².